The molecule has 0 amide bonds. The summed E-state index contributed by atoms with van der Waals surface area (Å²) >= 11 is 2.12. The van der Waals surface area contributed by atoms with Gasteiger partial charge in [0, 0.05) is 0 Å². The van der Waals surface area contributed by atoms with Crippen molar-refractivity contribution in [2.24, 2.45) is 5.41 Å². The van der Waals surface area contributed by atoms with Crippen LogP contribution in [0.3, 0.4) is 0 Å². The predicted molar refractivity (Wildman–Crippen MR) is 60.8 cm³/mol. The molecule has 1 atom stereocenters. The summed E-state index contributed by atoms with van der Waals surface area (Å²) in [5.41, 5.74) is -0.197. The lowest BCUT2D eigenvalue weighted by Crippen LogP contribution is -2.33. The lowest BCUT2D eigenvalue weighted by molar-refractivity contribution is -0.157. The monoisotopic (exact) mass is 296 g/mol. The lowest BCUT2D eigenvalue weighted by atomic mass is 9.76. The summed E-state index contributed by atoms with van der Waals surface area (Å²) in [5, 5.41) is 0. The molecule has 0 N–H and O–H groups in total. The van der Waals surface area contributed by atoms with E-state index in [1.54, 1.807) is 0 Å². The molecule has 0 aromatic carbocycles. The number of carbonyl (C=O) groups is 1. The van der Waals surface area contributed by atoms with E-state index in [0.29, 0.717) is 0 Å². The maximum atomic E-state index is 11.7. The van der Waals surface area contributed by atoms with Crippen molar-refractivity contribution >= 4 is 28.6 Å². The summed E-state index contributed by atoms with van der Waals surface area (Å²) in [7, 11) is 0. The van der Waals surface area contributed by atoms with Gasteiger partial charge in [0.25, 0.3) is 0 Å². The van der Waals surface area contributed by atoms with Gasteiger partial charge in [-0.15, -0.1) is 0 Å². The summed E-state index contributed by atoms with van der Waals surface area (Å²) in [6, 6.07) is 0. The third-order valence-electron chi connectivity index (χ3n) is 2.72. The van der Waals surface area contributed by atoms with Crippen molar-refractivity contribution < 1.29 is 9.53 Å². The van der Waals surface area contributed by atoms with E-state index in [9.17, 15) is 4.79 Å². The van der Waals surface area contributed by atoms with Gasteiger partial charge in [0.05, 0.1) is 5.41 Å². The molecular weight excluding hydrogens is 279 g/mol. The van der Waals surface area contributed by atoms with Gasteiger partial charge in [0.1, 0.15) is 4.11 Å². The zero-order chi connectivity index (χ0) is 9.90. The third kappa shape index (κ3) is 3.11. The number of halogens is 1. The average molecular weight is 296 g/mol. The Kier molecular flexibility index (Phi) is 4.01. The molecular formula is C10H17IO2. The molecule has 1 aliphatic rings. The predicted octanol–water partition coefficient (Wildman–Crippen LogP) is 3.28. The molecule has 2 nitrogen and oxygen atoms in total. The maximum absolute atomic E-state index is 11.7. The van der Waals surface area contributed by atoms with E-state index in [-0.39, 0.29) is 15.5 Å². The summed E-state index contributed by atoms with van der Waals surface area (Å²) in [6.07, 6.45) is 5.59. The van der Waals surface area contributed by atoms with Crippen molar-refractivity contribution in [2.75, 3.05) is 0 Å². The summed E-state index contributed by atoms with van der Waals surface area (Å²) < 4.78 is 5.23. The molecule has 1 aliphatic carbocycles. The van der Waals surface area contributed by atoms with E-state index >= 15 is 0 Å². The Morgan fingerprint density at radius 1 is 1.38 bits per heavy atom. The topological polar surface area (TPSA) is 26.3 Å². The van der Waals surface area contributed by atoms with E-state index in [4.69, 9.17) is 4.74 Å². The molecule has 3 heteroatoms. The highest BCUT2D eigenvalue weighted by atomic mass is 127. The molecule has 0 aromatic heterocycles. The number of alkyl halides is 1. The maximum Gasteiger partial charge on any atom is 0.312 e. The van der Waals surface area contributed by atoms with Crippen LogP contribution in [0.25, 0.3) is 0 Å². The van der Waals surface area contributed by atoms with E-state index in [1.807, 2.05) is 13.8 Å². The van der Waals surface area contributed by atoms with Crippen molar-refractivity contribution in [3.8, 4) is 0 Å². The molecule has 0 radical (unpaired) electrons. The first kappa shape index (κ1) is 11.3. The first-order valence-electron chi connectivity index (χ1n) is 4.90. The third-order valence-corrected chi connectivity index (χ3v) is 2.97. The van der Waals surface area contributed by atoms with Crippen molar-refractivity contribution in [1.82, 2.24) is 0 Å². The zero-order valence-electron chi connectivity index (χ0n) is 8.31. The van der Waals surface area contributed by atoms with Crippen LogP contribution < -0.4 is 0 Å². The Hall–Kier alpha value is 0.200. The van der Waals surface area contributed by atoms with Gasteiger partial charge in [0.2, 0.25) is 0 Å². The van der Waals surface area contributed by atoms with Gasteiger partial charge in [-0.2, -0.15) is 0 Å². The molecule has 0 bridgehead atoms. The number of hydrogen-bond donors (Lipinski definition) is 0. The Bertz CT molecular complexity index is 183. The van der Waals surface area contributed by atoms with E-state index < -0.39 is 0 Å². The second-order valence-electron chi connectivity index (χ2n) is 4.07. The quantitative estimate of drug-likeness (QED) is 0.444. The van der Waals surface area contributed by atoms with Crippen LogP contribution in [0.2, 0.25) is 0 Å². The fraction of sp³-hybridized carbons (Fsp3) is 0.900. The van der Waals surface area contributed by atoms with Crippen LogP contribution in [0, 0.1) is 5.41 Å². The van der Waals surface area contributed by atoms with Crippen LogP contribution in [0.5, 0.6) is 0 Å². The van der Waals surface area contributed by atoms with Gasteiger partial charge < -0.3 is 4.74 Å². The lowest BCUT2D eigenvalue weighted by Gasteiger charge is -2.31. The van der Waals surface area contributed by atoms with Crippen LogP contribution in [0.4, 0.5) is 0 Å². The number of carbonyl (C=O) groups excluding carboxylic acids is 1. The normalized spacial score (nSPS) is 23.6. The number of hydrogen-bond acceptors (Lipinski definition) is 2. The van der Waals surface area contributed by atoms with Crippen molar-refractivity contribution in [1.29, 1.82) is 0 Å². The fourth-order valence-corrected chi connectivity index (χ4v) is 2.06. The van der Waals surface area contributed by atoms with Crippen LogP contribution in [0.15, 0.2) is 0 Å². The molecule has 1 saturated carbocycles. The fourth-order valence-electron chi connectivity index (χ4n) is 1.83. The van der Waals surface area contributed by atoms with Crippen molar-refractivity contribution in [2.45, 2.75) is 50.1 Å². The van der Waals surface area contributed by atoms with Crippen LogP contribution in [-0.4, -0.2) is 10.1 Å². The van der Waals surface area contributed by atoms with E-state index in [2.05, 4.69) is 22.6 Å². The molecule has 0 heterocycles. The van der Waals surface area contributed by atoms with Gasteiger partial charge in [0.15, 0.2) is 0 Å². The average Bonchev–Trinajstić information content (AvgIpc) is 2.04. The zero-order valence-corrected chi connectivity index (χ0v) is 10.5. The Morgan fingerprint density at radius 2 is 1.92 bits per heavy atom. The summed E-state index contributed by atoms with van der Waals surface area (Å²) in [6.45, 7) is 3.93. The highest BCUT2D eigenvalue weighted by molar-refractivity contribution is 14.1. The van der Waals surface area contributed by atoms with Gasteiger partial charge in [-0.05, 0) is 49.3 Å². The van der Waals surface area contributed by atoms with Crippen molar-refractivity contribution in [3.63, 3.8) is 0 Å². The molecule has 13 heavy (non-hydrogen) atoms. The minimum atomic E-state index is -0.197. The van der Waals surface area contributed by atoms with Gasteiger partial charge >= 0.3 is 5.97 Å². The first-order valence-corrected chi connectivity index (χ1v) is 6.14. The highest BCUT2D eigenvalue weighted by Crippen LogP contribution is 2.37. The molecule has 1 rings (SSSR count). The Morgan fingerprint density at radius 3 is 2.38 bits per heavy atom. The summed E-state index contributed by atoms with van der Waals surface area (Å²) in [5.74, 6) is -0.00546. The molecule has 0 saturated heterocycles. The second-order valence-corrected chi connectivity index (χ2v) is 5.82. The summed E-state index contributed by atoms with van der Waals surface area (Å²) in [4.78, 5) is 11.7. The van der Waals surface area contributed by atoms with Gasteiger partial charge in [-0.3, -0.25) is 4.79 Å². The van der Waals surface area contributed by atoms with Gasteiger partial charge in [-0.1, -0.05) is 19.3 Å². The van der Waals surface area contributed by atoms with Crippen LogP contribution in [0.1, 0.15) is 46.0 Å². The largest absolute Gasteiger partial charge is 0.452 e. The number of esters is 1. The smallest absolute Gasteiger partial charge is 0.312 e. The SMILES string of the molecule is CC(I)OC(=O)C1(C)CCCCC1. The molecule has 0 aromatic rings. The Balaban J connectivity index is 2.51. The molecule has 0 aliphatic heterocycles. The molecule has 1 unspecified atom stereocenters. The van der Waals surface area contributed by atoms with Crippen LogP contribution >= 0.6 is 22.6 Å². The van der Waals surface area contributed by atoms with Crippen molar-refractivity contribution in [3.05, 3.63) is 0 Å². The first-order chi connectivity index (χ1) is 6.04. The second kappa shape index (κ2) is 4.62. The minimum Gasteiger partial charge on any atom is -0.452 e. The van der Waals surface area contributed by atoms with Gasteiger partial charge in [-0.25, -0.2) is 0 Å². The number of rotatable bonds is 2. The standard InChI is InChI=1S/C10H17IO2/c1-8(11)13-9(12)10(2)6-4-3-5-7-10/h8H,3-7H2,1-2H3. The van der Waals surface area contributed by atoms with E-state index in [1.165, 1.54) is 19.3 Å². The van der Waals surface area contributed by atoms with Crippen LogP contribution in [-0.2, 0) is 9.53 Å². The molecule has 76 valence electrons. The molecule has 0 spiro atoms. The number of ether oxygens (including phenoxy) is 1. The van der Waals surface area contributed by atoms with E-state index in [0.717, 1.165) is 12.8 Å². The molecule has 1 fully saturated rings. The highest BCUT2D eigenvalue weighted by Gasteiger charge is 2.36. The minimum absolute atomic E-state index is 0.00546. The Labute approximate surface area is 93.6 Å².